The van der Waals surface area contributed by atoms with Crippen molar-refractivity contribution in [3.8, 4) is 67.8 Å². The van der Waals surface area contributed by atoms with E-state index in [4.69, 9.17) is 15.0 Å². The highest BCUT2D eigenvalue weighted by Crippen LogP contribution is 2.41. The molecule has 0 amide bonds. The van der Waals surface area contributed by atoms with Crippen LogP contribution in [0.2, 0.25) is 0 Å². The molecular formula is C65H53N5. The van der Waals surface area contributed by atoms with Crippen molar-refractivity contribution < 1.29 is 0 Å². The first kappa shape index (κ1) is 42.9. The Hall–Kier alpha value is -8.41. The van der Waals surface area contributed by atoms with E-state index in [2.05, 4.69) is 245 Å². The number of hydrogen-bond donors (Lipinski definition) is 0. The summed E-state index contributed by atoms with van der Waals surface area (Å²) < 4.78 is 4.60. The fourth-order valence-electron chi connectivity index (χ4n) is 10.1. The Morgan fingerprint density at radius 1 is 0.300 bits per heavy atom. The molecule has 0 aliphatic rings. The number of hydrogen-bond acceptors (Lipinski definition) is 3. The number of benzene rings is 9. The summed E-state index contributed by atoms with van der Waals surface area (Å²) in [7, 11) is 0. The average molecular weight is 904 g/mol. The fourth-order valence-corrected chi connectivity index (χ4v) is 10.1. The molecule has 0 fully saturated rings. The minimum atomic E-state index is 0.0654. The van der Waals surface area contributed by atoms with E-state index < -0.39 is 0 Å². The zero-order valence-electron chi connectivity index (χ0n) is 40.4. The van der Waals surface area contributed by atoms with Crippen LogP contribution in [0.4, 0.5) is 0 Å². The largest absolute Gasteiger partial charge is 0.309 e. The lowest BCUT2D eigenvalue weighted by Crippen LogP contribution is -2.10. The number of fused-ring (bicyclic) bond motifs is 6. The summed E-state index contributed by atoms with van der Waals surface area (Å²) in [6, 6.07) is 76.5. The molecule has 0 saturated carbocycles. The summed E-state index contributed by atoms with van der Waals surface area (Å²) in [6.45, 7) is 13.6. The fraction of sp³-hybridized carbons (Fsp3) is 0.123. The van der Waals surface area contributed by atoms with Crippen molar-refractivity contribution in [3.63, 3.8) is 0 Å². The molecule has 3 heterocycles. The van der Waals surface area contributed by atoms with Gasteiger partial charge in [-0.1, -0.05) is 199 Å². The lowest BCUT2D eigenvalue weighted by atomic mass is 9.86. The van der Waals surface area contributed by atoms with Crippen LogP contribution in [0.3, 0.4) is 0 Å². The zero-order chi connectivity index (χ0) is 47.7. The first-order valence-corrected chi connectivity index (χ1v) is 24.3. The van der Waals surface area contributed by atoms with Gasteiger partial charge in [-0.15, -0.1) is 0 Å². The number of nitrogens with zero attached hydrogens (tertiary/aromatic N) is 5. The molecule has 0 radical (unpaired) electrons. The van der Waals surface area contributed by atoms with E-state index >= 15 is 0 Å². The lowest BCUT2D eigenvalue weighted by molar-refractivity contribution is 0.590. The molecule has 0 saturated heterocycles. The van der Waals surface area contributed by atoms with Crippen molar-refractivity contribution >= 4 is 43.6 Å². The van der Waals surface area contributed by atoms with Crippen LogP contribution in [0.15, 0.2) is 212 Å². The standard InChI is InChI=1S/C65H53N5/c1-64(2,3)49-32-25-43(26-33-49)47-30-37-59-54(40-47)55-41-48(44-27-34-50(35-28-44)65(4,5)6)31-38-60(55)70(59)63-67-61(45-19-11-8-12-20-45)66-62(68-63)52-22-14-16-24-57(52)69-56-23-15-13-21-51(56)53-39-46(29-36-58(53)69)42-17-9-7-10-18-42/h7-41H,1-6H3. The molecule has 0 aliphatic heterocycles. The van der Waals surface area contributed by atoms with E-state index in [1.807, 2.05) is 18.2 Å². The van der Waals surface area contributed by atoms with E-state index in [0.29, 0.717) is 17.6 Å². The van der Waals surface area contributed by atoms with Gasteiger partial charge in [-0.2, -0.15) is 9.97 Å². The van der Waals surface area contributed by atoms with Gasteiger partial charge in [0.1, 0.15) is 0 Å². The van der Waals surface area contributed by atoms with Gasteiger partial charge in [-0.25, -0.2) is 4.98 Å². The van der Waals surface area contributed by atoms with Crippen LogP contribution < -0.4 is 0 Å². The van der Waals surface area contributed by atoms with Crippen molar-refractivity contribution in [2.45, 2.75) is 52.4 Å². The molecule has 338 valence electrons. The normalized spacial score (nSPS) is 12.1. The van der Waals surface area contributed by atoms with Gasteiger partial charge in [0.05, 0.1) is 27.8 Å². The summed E-state index contributed by atoms with van der Waals surface area (Å²) in [5, 5.41) is 4.63. The van der Waals surface area contributed by atoms with Crippen molar-refractivity contribution in [2.75, 3.05) is 0 Å². The van der Waals surface area contributed by atoms with Crippen LogP contribution in [0.25, 0.3) is 111 Å². The molecule has 0 bridgehead atoms. The SMILES string of the molecule is CC(C)(C)c1ccc(-c2ccc3c(c2)c2cc(-c4ccc(C(C)(C)C)cc4)ccc2n3-c2nc(-c3ccccc3)nc(-c3ccccc3-n3c4ccccc4c4cc(-c5ccccc5)ccc43)n2)cc1. The molecule has 9 aromatic carbocycles. The number of para-hydroxylation sites is 2. The summed E-state index contributed by atoms with van der Waals surface area (Å²) >= 11 is 0. The summed E-state index contributed by atoms with van der Waals surface area (Å²) in [4.78, 5) is 16.2. The van der Waals surface area contributed by atoms with Crippen LogP contribution in [0, 0.1) is 0 Å². The van der Waals surface area contributed by atoms with Gasteiger partial charge in [0.25, 0.3) is 0 Å². The summed E-state index contributed by atoms with van der Waals surface area (Å²) in [6.07, 6.45) is 0. The highest BCUT2D eigenvalue weighted by atomic mass is 15.2. The Bertz CT molecular complexity index is 3810. The van der Waals surface area contributed by atoms with Gasteiger partial charge in [-0.3, -0.25) is 4.57 Å². The van der Waals surface area contributed by atoms with Gasteiger partial charge in [0.2, 0.25) is 5.95 Å². The van der Waals surface area contributed by atoms with E-state index in [-0.39, 0.29) is 10.8 Å². The first-order valence-electron chi connectivity index (χ1n) is 24.3. The van der Waals surface area contributed by atoms with Gasteiger partial charge >= 0.3 is 0 Å². The minimum Gasteiger partial charge on any atom is -0.309 e. The topological polar surface area (TPSA) is 48.5 Å². The molecule has 0 aliphatic carbocycles. The Morgan fingerprint density at radius 3 is 1.24 bits per heavy atom. The molecule has 0 N–H and O–H groups in total. The monoisotopic (exact) mass is 903 g/mol. The van der Waals surface area contributed by atoms with Crippen molar-refractivity contribution in [2.24, 2.45) is 0 Å². The van der Waals surface area contributed by atoms with Crippen molar-refractivity contribution in [1.29, 1.82) is 0 Å². The van der Waals surface area contributed by atoms with Gasteiger partial charge in [0, 0.05) is 32.7 Å². The summed E-state index contributed by atoms with van der Waals surface area (Å²) in [5.41, 5.74) is 16.9. The van der Waals surface area contributed by atoms with Crippen LogP contribution in [0.5, 0.6) is 0 Å². The van der Waals surface area contributed by atoms with Crippen LogP contribution in [-0.4, -0.2) is 24.1 Å². The quantitative estimate of drug-likeness (QED) is 0.160. The second-order valence-electron chi connectivity index (χ2n) is 20.6. The van der Waals surface area contributed by atoms with E-state index in [0.717, 1.165) is 60.8 Å². The maximum atomic E-state index is 5.51. The Labute approximate surface area is 409 Å². The molecule has 0 atom stereocenters. The molecule has 12 aromatic rings. The first-order chi connectivity index (χ1) is 34.0. The third-order valence-electron chi connectivity index (χ3n) is 14.0. The molecule has 5 heteroatoms. The highest BCUT2D eigenvalue weighted by molar-refractivity contribution is 6.12. The smallest absolute Gasteiger partial charge is 0.238 e. The molecule has 0 unspecified atom stereocenters. The van der Waals surface area contributed by atoms with Crippen LogP contribution in [0.1, 0.15) is 52.7 Å². The van der Waals surface area contributed by atoms with Crippen LogP contribution in [-0.2, 0) is 10.8 Å². The Morgan fingerprint density at radius 2 is 0.700 bits per heavy atom. The molecule has 12 rings (SSSR count). The van der Waals surface area contributed by atoms with Gasteiger partial charge in [-0.05, 0) is 110 Å². The van der Waals surface area contributed by atoms with E-state index in [9.17, 15) is 0 Å². The second kappa shape index (κ2) is 16.7. The van der Waals surface area contributed by atoms with Crippen LogP contribution >= 0.6 is 0 Å². The Kier molecular flexibility index (Phi) is 10.2. The maximum Gasteiger partial charge on any atom is 0.238 e. The van der Waals surface area contributed by atoms with Crippen molar-refractivity contribution in [3.05, 3.63) is 223 Å². The third kappa shape index (κ3) is 7.55. The Balaban J connectivity index is 1.08. The zero-order valence-corrected chi connectivity index (χ0v) is 40.4. The van der Waals surface area contributed by atoms with Crippen molar-refractivity contribution in [1.82, 2.24) is 24.1 Å². The van der Waals surface area contributed by atoms with E-state index in [1.165, 1.54) is 44.2 Å². The molecule has 3 aromatic heterocycles. The molecule has 0 spiro atoms. The number of rotatable bonds is 7. The second-order valence-corrected chi connectivity index (χ2v) is 20.6. The maximum absolute atomic E-state index is 5.51. The highest BCUT2D eigenvalue weighted by Gasteiger charge is 2.23. The van der Waals surface area contributed by atoms with Gasteiger partial charge < -0.3 is 4.57 Å². The van der Waals surface area contributed by atoms with Gasteiger partial charge in [0.15, 0.2) is 11.6 Å². The number of aromatic nitrogens is 5. The lowest BCUT2D eigenvalue weighted by Gasteiger charge is -2.19. The average Bonchev–Trinajstić information content (AvgIpc) is 3.90. The molecule has 5 nitrogen and oxygen atoms in total. The van der Waals surface area contributed by atoms with E-state index in [1.54, 1.807) is 0 Å². The molecular weight excluding hydrogens is 851 g/mol. The molecule has 70 heavy (non-hydrogen) atoms. The predicted octanol–water partition coefficient (Wildman–Crippen LogP) is 17.0. The third-order valence-corrected chi connectivity index (χ3v) is 14.0. The predicted molar refractivity (Wildman–Crippen MR) is 293 cm³/mol. The summed E-state index contributed by atoms with van der Waals surface area (Å²) in [5.74, 6) is 1.75. The minimum absolute atomic E-state index is 0.0654.